The number of likely N-dealkylation sites (N-methyl/N-ethyl adjacent to an activating group) is 1. The van der Waals surface area contributed by atoms with Crippen molar-refractivity contribution in [2.75, 3.05) is 13.6 Å². The number of benzene rings is 1. The number of carbonyl (C=O) groups is 1. The zero-order valence-corrected chi connectivity index (χ0v) is 13.4. The highest BCUT2D eigenvalue weighted by Gasteiger charge is 2.27. The van der Waals surface area contributed by atoms with Crippen LogP contribution in [0, 0.1) is 0 Å². The highest BCUT2D eigenvalue weighted by molar-refractivity contribution is 6.30. The summed E-state index contributed by atoms with van der Waals surface area (Å²) in [6.07, 6.45) is 3.04. The summed E-state index contributed by atoms with van der Waals surface area (Å²) in [5, 5.41) is 3.70. The fraction of sp³-hybridized carbons (Fsp3) is 0.562. The molecule has 0 bridgehead atoms. The molecule has 3 N–H and O–H groups in total. The van der Waals surface area contributed by atoms with E-state index >= 15 is 0 Å². The standard InChI is InChI=1S/C16H24ClN3O/c1-3-14(18)16(11-5-4-6-12(17)9-11)20(2)10-15(21)19-13-7-8-13/h4-6,9,13-14,16H,3,7-8,10,18H2,1-2H3,(H,19,21). The number of carbonyl (C=O) groups excluding carboxylic acids is 1. The molecule has 1 fully saturated rings. The number of hydrogen-bond donors (Lipinski definition) is 2. The van der Waals surface area contributed by atoms with Gasteiger partial charge in [-0.05, 0) is 44.0 Å². The Hall–Kier alpha value is -1.10. The van der Waals surface area contributed by atoms with Crippen LogP contribution in [0.2, 0.25) is 5.02 Å². The predicted molar refractivity (Wildman–Crippen MR) is 86.3 cm³/mol. The molecule has 0 saturated heterocycles. The van der Waals surface area contributed by atoms with Gasteiger partial charge < -0.3 is 11.1 Å². The minimum atomic E-state index is -0.0396. The Labute approximate surface area is 131 Å². The molecule has 1 aliphatic carbocycles. The van der Waals surface area contributed by atoms with Crippen molar-refractivity contribution < 1.29 is 4.79 Å². The molecular weight excluding hydrogens is 286 g/mol. The Morgan fingerprint density at radius 2 is 2.24 bits per heavy atom. The van der Waals surface area contributed by atoms with Crippen LogP contribution < -0.4 is 11.1 Å². The highest BCUT2D eigenvalue weighted by Crippen LogP contribution is 2.26. The number of amides is 1. The Morgan fingerprint density at radius 1 is 1.52 bits per heavy atom. The molecule has 1 aliphatic rings. The Kier molecular flexibility index (Phi) is 5.62. The van der Waals surface area contributed by atoms with Gasteiger partial charge in [0.1, 0.15) is 0 Å². The topological polar surface area (TPSA) is 58.4 Å². The lowest BCUT2D eigenvalue weighted by molar-refractivity contribution is -0.122. The molecule has 2 unspecified atom stereocenters. The Bertz CT molecular complexity index is 490. The summed E-state index contributed by atoms with van der Waals surface area (Å²) in [6, 6.07) is 8.04. The second-order valence-corrected chi connectivity index (χ2v) is 6.27. The van der Waals surface area contributed by atoms with Crippen LogP contribution in [0.25, 0.3) is 0 Å². The lowest BCUT2D eigenvalue weighted by atomic mass is 9.96. The highest BCUT2D eigenvalue weighted by atomic mass is 35.5. The molecule has 1 amide bonds. The average molecular weight is 310 g/mol. The van der Waals surface area contributed by atoms with Crippen molar-refractivity contribution in [2.24, 2.45) is 5.73 Å². The van der Waals surface area contributed by atoms with Crippen LogP contribution in [-0.2, 0) is 4.79 Å². The monoisotopic (exact) mass is 309 g/mol. The minimum Gasteiger partial charge on any atom is -0.352 e. The predicted octanol–water partition coefficient (Wildman–Crippen LogP) is 2.33. The fourth-order valence-corrected chi connectivity index (χ4v) is 2.77. The summed E-state index contributed by atoms with van der Waals surface area (Å²) in [5.74, 6) is 0.0651. The lowest BCUT2D eigenvalue weighted by Gasteiger charge is -2.32. The minimum absolute atomic E-state index is 0.0151. The lowest BCUT2D eigenvalue weighted by Crippen LogP contribution is -2.44. The summed E-state index contributed by atoms with van der Waals surface area (Å²) in [6.45, 7) is 2.40. The van der Waals surface area contributed by atoms with E-state index in [1.165, 1.54) is 0 Å². The third-order valence-electron chi connectivity index (χ3n) is 3.88. The van der Waals surface area contributed by atoms with Crippen LogP contribution in [0.15, 0.2) is 24.3 Å². The van der Waals surface area contributed by atoms with Crippen LogP contribution in [0.4, 0.5) is 0 Å². The maximum absolute atomic E-state index is 12.0. The van der Waals surface area contributed by atoms with E-state index in [0.717, 1.165) is 24.8 Å². The zero-order valence-electron chi connectivity index (χ0n) is 12.7. The number of halogens is 1. The Morgan fingerprint density at radius 3 is 2.81 bits per heavy atom. The first-order valence-corrected chi connectivity index (χ1v) is 7.89. The third-order valence-corrected chi connectivity index (χ3v) is 4.11. The van der Waals surface area contributed by atoms with Crippen molar-refractivity contribution >= 4 is 17.5 Å². The quantitative estimate of drug-likeness (QED) is 0.813. The van der Waals surface area contributed by atoms with E-state index in [-0.39, 0.29) is 18.0 Å². The van der Waals surface area contributed by atoms with E-state index in [0.29, 0.717) is 17.6 Å². The largest absolute Gasteiger partial charge is 0.352 e. The number of nitrogens with one attached hydrogen (secondary N) is 1. The zero-order chi connectivity index (χ0) is 15.4. The van der Waals surface area contributed by atoms with Crippen LogP contribution in [0.5, 0.6) is 0 Å². The van der Waals surface area contributed by atoms with Gasteiger partial charge in [0.25, 0.3) is 0 Å². The fourth-order valence-electron chi connectivity index (χ4n) is 2.57. The second-order valence-electron chi connectivity index (χ2n) is 5.83. The molecular formula is C16H24ClN3O. The van der Waals surface area contributed by atoms with Crippen LogP contribution >= 0.6 is 11.6 Å². The third kappa shape index (κ3) is 4.70. The molecule has 116 valence electrons. The molecule has 0 spiro atoms. The maximum Gasteiger partial charge on any atom is 0.234 e. The van der Waals surface area contributed by atoms with Crippen LogP contribution in [0.3, 0.4) is 0 Å². The van der Waals surface area contributed by atoms with Crippen molar-refractivity contribution in [1.29, 1.82) is 0 Å². The number of hydrogen-bond acceptors (Lipinski definition) is 3. The number of rotatable bonds is 7. The first-order valence-electron chi connectivity index (χ1n) is 7.52. The molecule has 0 radical (unpaired) electrons. The van der Waals surface area contributed by atoms with E-state index < -0.39 is 0 Å². The van der Waals surface area contributed by atoms with Gasteiger partial charge >= 0.3 is 0 Å². The van der Waals surface area contributed by atoms with Crippen molar-refractivity contribution in [2.45, 2.75) is 44.3 Å². The van der Waals surface area contributed by atoms with E-state index in [9.17, 15) is 4.79 Å². The average Bonchev–Trinajstić information content (AvgIpc) is 3.22. The van der Waals surface area contributed by atoms with Crippen molar-refractivity contribution in [1.82, 2.24) is 10.2 Å². The van der Waals surface area contributed by atoms with Gasteiger partial charge in [-0.15, -0.1) is 0 Å². The summed E-state index contributed by atoms with van der Waals surface area (Å²) in [5.41, 5.74) is 7.33. The van der Waals surface area contributed by atoms with E-state index in [4.69, 9.17) is 17.3 Å². The normalized spacial score (nSPS) is 17.6. The molecule has 2 rings (SSSR count). The van der Waals surface area contributed by atoms with Gasteiger partial charge in [-0.25, -0.2) is 0 Å². The molecule has 2 atom stereocenters. The maximum atomic E-state index is 12.0. The Balaban J connectivity index is 2.08. The molecule has 0 heterocycles. The van der Waals surface area contributed by atoms with Gasteiger partial charge in [-0.1, -0.05) is 30.7 Å². The van der Waals surface area contributed by atoms with Crippen LogP contribution in [-0.4, -0.2) is 36.5 Å². The van der Waals surface area contributed by atoms with E-state index in [1.807, 2.05) is 36.2 Å². The van der Waals surface area contributed by atoms with Crippen molar-refractivity contribution in [3.8, 4) is 0 Å². The van der Waals surface area contributed by atoms with Gasteiger partial charge in [-0.3, -0.25) is 9.69 Å². The molecule has 5 heteroatoms. The molecule has 4 nitrogen and oxygen atoms in total. The van der Waals surface area contributed by atoms with Gasteiger partial charge in [0.2, 0.25) is 5.91 Å². The first kappa shape index (κ1) is 16.3. The SMILES string of the molecule is CCC(N)C(c1cccc(Cl)c1)N(C)CC(=O)NC1CC1. The smallest absolute Gasteiger partial charge is 0.234 e. The second kappa shape index (κ2) is 7.25. The summed E-state index contributed by atoms with van der Waals surface area (Å²) >= 11 is 6.09. The van der Waals surface area contributed by atoms with Gasteiger partial charge in [0.05, 0.1) is 12.6 Å². The molecule has 0 aromatic heterocycles. The van der Waals surface area contributed by atoms with Crippen molar-refractivity contribution in [3.63, 3.8) is 0 Å². The van der Waals surface area contributed by atoms with Gasteiger partial charge in [0, 0.05) is 17.1 Å². The molecule has 1 aromatic carbocycles. The number of nitrogens with zero attached hydrogens (tertiary/aromatic N) is 1. The van der Waals surface area contributed by atoms with E-state index in [1.54, 1.807) is 0 Å². The molecule has 0 aliphatic heterocycles. The summed E-state index contributed by atoms with van der Waals surface area (Å²) < 4.78 is 0. The summed E-state index contributed by atoms with van der Waals surface area (Å²) in [7, 11) is 1.94. The van der Waals surface area contributed by atoms with Gasteiger partial charge in [0.15, 0.2) is 0 Å². The van der Waals surface area contributed by atoms with Gasteiger partial charge in [-0.2, -0.15) is 0 Å². The molecule has 21 heavy (non-hydrogen) atoms. The van der Waals surface area contributed by atoms with E-state index in [2.05, 4.69) is 12.2 Å². The molecule has 1 saturated carbocycles. The number of nitrogens with two attached hydrogens (primary N) is 1. The first-order chi connectivity index (χ1) is 10.0. The van der Waals surface area contributed by atoms with Crippen LogP contribution in [0.1, 0.15) is 37.8 Å². The molecule has 1 aromatic rings. The summed E-state index contributed by atoms with van der Waals surface area (Å²) in [4.78, 5) is 14.0. The van der Waals surface area contributed by atoms with Crippen molar-refractivity contribution in [3.05, 3.63) is 34.9 Å².